The average molecular weight is 458 g/mol. The van der Waals surface area contributed by atoms with E-state index in [2.05, 4.69) is 5.32 Å². The SMILES string of the molecule is COc1ccc(NC(=O)C(C)OC(=O)CCC(=O)c2ccc3c(c2)OCCO3)c([N+](=O)[O-])c1. The standard InChI is InChI=1S/C22H22N2O9/c1-13(22(27)23-16-5-4-15(30-2)12-17(16)24(28)29)33-21(26)8-6-18(25)14-3-7-19-20(11-14)32-10-9-31-19/h3-5,7,11-13H,6,8-10H2,1-2H3,(H,23,27). The van der Waals surface area contributed by atoms with Crippen LogP contribution >= 0.6 is 0 Å². The number of hydrogen-bond acceptors (Lipinski definition) is 9. The minimum Gasteiger partial charge on any atom is -0.496 e. The molecule has 33 heavy (non-hydrogen) atoms. The van der Waals surface area contributed by atoms with E-state index in [0.29, 0.717) is 30.3 Å². The predicted molar refractivity (Wildman–Crippen MR) is 115 cm³/mol. The second-order valence-corrected chi connectivity index (χ2v) is 7.04. The van der Waals surface area contributed by atoms with E-state index >= 15 is 0 Å². The molecule has 11 heteroatoms. The number of nitrogens with one attached hydrogen (secondary N) is 1. The molecule has 1 atom stereocenters. The number of anilines is 1. The zero-order valence-electron chi connectivity index (χ0n) is 18.0. The number of ketones is 1. The minimum absolute atomic E-state index is 0.0671. The second kappa shape index (κ2) is 10.4. The minimum atomic E-state index is -1.23. The van der Waals surface area contributed by atoms with E-state index in [0.717, 1.165) is 6.07 Å². The number of esters is 1. The fourth-order valence-corrected chi connectivity index (χ4v) is 3.02. The summed E-state index contributed by atoms with van der Waals surface area (Å²) in [5.74, 6) is -0.541. The number of methoxy groups -OCH3 is 1. The zero-order chi connectivity index (χ0) is 24.0. The molecule has 0 saturated heterocycles. The van der Waals surface area contributed by atoms with Crippen molar-refractivity contribution in [3.8, 4) is 17.2 Å². The van der Waals surface area contributed by atoms with E-state index < -0.39 is 22.9 Å². The molecule has 174 valence electrons. The molecule has 1 N–H and O–H groups in total. The molecular weight excluding hydrogens is 436 g/mol. The van der Waals surface area contributed by atoms with Crippen LogP contribution in [0.15, 0.2) is 36.4 Å². The van der Waals surface area contributed by atoms with Gasteiger partial charge in [0.2, 0.25) is 0 Å². The van der Waals surface area contributed by atoms with Crippen LogP contribution in [0.2, 0.25) is 0 Å². The summed E-state index contributed by atoms with van der Waals surface area (Å²) >= 11 is 0. The van der Waals surface area contributed by atoms with Gasteiger partial charge in [-0.2, -0.15) is 0 Å². The van der Waals surface area contributed by atoms with Crippen LogP contribution in [-0.4, -0.2) is 49.0 Å². The largest absolute Gasteiger partial charge is 0.496 e. The fraction of sp³-hybridized carbons (Fsp3) is 0.318. The van der Waals surface area contributed by atoms with Gasteiger partial charge in [-0.15, -0.1) is 0 Å². The number of nitrogens with zero attached hydrogens (tertiary/aromatic N) is 1. The van der Waals surface area contributed by atoms with E-state index in [4.69, 9.17) is 18.9 Å². The first-order valence-corrected chi connectivity index (χ1v) is 10.0. The number of amides is 1. The van der Waals surface area contributed by atoms with Crippen LogP contribution in [0.4, 0.5) is 11.4 Å². The van der Waals surface area contributed by atoms with E-state index in [-0.39, 0.29) is 35.7 Å². The van der Waals surface area contributed by atoms with Crippen LogP contribution in [0, 0.1) is 10.1 Å². The number of fused-ring (bicyclic) bond motifs is 1. The molecule has 0 radical (unpaired) electrons. The predicted octanol–water partition coefficient (Wildman–Crippen LogP) is 2.91. The number of nitro benzene ring substituents is 1. The summed E-state index contributed by atoms with van der Waals surface area (Å²) in [5.41, 5.74) is -0.0709. The van der Waals surface area contributed by atoms with E-state index in [1.807, 2.05) is 0 Å². The van der Waals surface area contributed by atoms with Crippen molar-refractivity contribution in [2.24, 2.45) is 0 Å². The third kappa shape index (κ3) is 5.97. The number of carbonyl (C=O) groups excluding carboxylic acids is 3. The summed E-state index contributed by atoms with van der Waals surface area (Å²) in [6, 6.07) is 8.69. The van der Waals surface area contributed by atoms with Crippen molar-refractivity contribution in [3.63, 3.8) is 0 Å². The van der Waals surface area contributed by atoms with Crippen LogP contribution in [0.1, 0.15) is 30.1 Å². The highest BCUT2D eigenvalue weighted by atomic mass is 16.6. The number of hydrogen-bond donors (Lipinski definition) is 1. The lowest BCUT2D eigenvalue weighted by atomic mass is 10.1. The van der Waals surface area contributed by atoms with Gasteiger partial charge in [-0.05, 0) is 37.3 Å². The Labute approximate surface area is 188 Å². The summed E-state index contributed by atoms with van der Waals surface area (Å²) in [5, 5.41) is 13.6. The van der Waals surface area contributed by atoms with Gasteiger partial charge < -0.3 is 24.3 Å². The summed E-state index contributed by atoms with van der Waals surface area (Å²) < 4.78 is 20.9. The maximum absolute atomic E-state index is 12.4. The Hall–Kier alpha value is -4.15. The first-order valence-electron chi connectivity index (χ1n) is 10.0. The smallest absolute Gasteiger partial charge is 0.307 e. The normalized spacial score (nSPS) is 12.9. The molecule has 1 aliphatic heterocycles. The number of rotatable bonds is 9. The van der Waals surface area contributed by atoms with Crippen LogP contribution in [0.5, 0.6) is 17.2 Å². The molecule has 1 heterocycles. The molecule has 0 fully saturated rings. The molecule has 0 spiro atoms. The van der Waals surface area contributed by atoms with Crippen molar-refractivity contribution in [2.75, 3.05) is 25.6 Å². The summed E-state index contributed by atoms with van der Waals surface area (Å²) in [6.07, 6.45) is -1.60. The van der Waals surface area contributed by atoms with Crippen molar-refractivity contribution in [2.45, 2.75) is 25.9 Å². The second-order valence-electron chi connectivity index (χ2n) is 7.04. The van der Waals surface area contributed by atoms with Gasteiger partial charge in [-0.1, -0.05) is 0 Å². The molecule has 0 aliphatic carbocycles. The molecule has 2 aromatic rings. The molecule has 1 aliphatic rings. The van der Waals surface area contributed by atoms with Gasteiger partial charge in [0, 0.05) is 12.0 Å². The Morgan fingerprint density at radius 3 is 2.52 bits per heavy atom. The molecule has 0 bridgehead atoms. The van der Waals surface area contributed by atoms with Gasteiger partial charge >= 0.3 is 5.97 Å². The quantitative estimate of drug-likeness (QED) is 0.260. The Morgan fingerprint density at radius 2 is 1.82 bits per heavy atom. The van der Waals surface area contributed by atoms with Gasteiger partial charge in [0.25, 0.3) is 11.6 Å². The lowest BCUT2D eigenvalue weighted by Gasteiger charge is -2.18. The van der Waals surface area contributed by atoms with Gasteiger partial charge in [0.1, 0.15) is 24.7 Å². The number of nitro groups is 1. The molecular formula is C22H22N2O9. The van der Waals surface area contributed by atoms with Gasteiger partial charge in [-0.3, -0.25) is 24.5 Å². The van der Waals surface area contributed by atoms with E-state index in [9.17, 15) is 24.5 Å². The third-order valence-electron chi connectivity index (χ3n) is 4.76. The van der Waals surface area contributed by atoms with Crippen molar-refractivity contribution in [3.05, 3.63) is 52.1 Å². The lowest BCUT2D eigenvalue weighted by Crippen LogP contribution is -2.30. The zero-order valence-corrected chi connectivity index (χ0v) is 18.0. The van der Waals surface area contributed by atoms with E-state index in [1.165, 1.54) is 26.2 Å². The number of Topliss-reactive ketones (excluding diaryl/α,β-unsaturated/α-hetero) is 1. The van der Waals surface area contributed by atoms with Crippen LogP contribution in [0.3, 0.4) is 0 Å². The topological polar surface area (TPSA) is 143 Å². The fourth-order valence-electron chi connectivity index (χ4n) is 3.02. The first kappa shape index (κ1) is 23.5. The Bertz CT molecular complexity index is 1080. The Morgan fingerprint density at radius 1 is 1.09 bits per heavy atom. The molecule has 11 nitrogen and oxygen atoms in total. The summed E-state index contributed by atoms with van der Waals surface area (Å²) in [6.45, 7) is 2.14. The highest BCUT2D eigenvalue weighted by molar-refractivity contribution is 5.99. The van der Waals surface area contributed by atoms with Crippen molar-refractivity contribution in [1.82, 2.24) is 0 Å². The van der Waals surface area contributed by atoms with Crippen molar-refractivity contribution in [1.29, 1.82) is 0 Å². The van der Waals surface area contributed by atoms with Gasteiger partial charge in [0.15, 0.2) is 23.4 Å². The lowest BCUT2D eigenvalue weighted by molar-refractivity contribution is -0.384. The molecule has 0 saturated carbocycles. The molecule has 3 rings (SSSR count). The highest BCUT2D eigenvalue weighted by Crippen LogP contribution is 2.31. The van der Waals surface area contributed by atoms with Crippen LogP contribution < -0.4 is 19.5 Å². The average Bonchev–Trinajstić information content (AvgIpc) is 2.82. The summed E-state index contributed by atoms with van der Waals surface area (Å²) in [4.78, 5) is 47.4. The first-order chi connectivity index (χ1) is 15.8. The van der Waals surface area contributed by atoms with Crippen LogP contribution in [-0.2, 0) is 14.3 Å². The van der Waals surface area contributed by atoms with Crippen molar-refractivity contribution < 1.29 is 38.3 Å². The monoisotopic (exact) mass is 458 g/mol. The highest BCUT2D eigenvalue weighted by Gasteiger charge is 2.23. The van der Waals surface area contributed by atoms with Gasteiger partial charge in [-0.25, -0.2) is 0 Å². The molecule has 1 amide bonds. The number of benzene rings is 2. The molecule has 0 aromatic heterocycles. The summed E-state index contributed by atoms with van der Waals surface area (Å²) in [7, 11) is 1.36. The molecule has 1 unspecified atom stereocenters. The maximum atomic E-state index is 12.4. The van der Waals surface area contributed by atoms with E-state index in [1.54, 1.807) is 18.2 Å². The molecule has 2 aromatic carbocycles. The Kier molecular flexibility index (Phi) is 7.44. The number of ether oxygens (including phenoxy) is 4. The Balaban J connectivity index is 1.52. The third-order valence-corrected chi connectivity index (χ3v) is 4.76. The van der Waals surface area contributed by atoms with Gasteiger partial charge in [0.05, 0.1) is 24.5 Å². The number of carbonyl (C=O) groups is 3. The van der Waals surface area contributed by atoms with Crippen LogP contribution in [0.25, 0.3) is 0 Å². The van der Waals surface area contributed by atoms with Crippen molar-refractivity contribution >= 4 is 29.0 Å². The maximum Gasteiger partial charge on any atom is 0.307 e.